The molecule has 1 N–H and O–H groups in total. The van der Waals surface area contributed by atoms with E-state index >= 15 is 0 Å². The van der Waals surface area contributed by atoms with E-state index in [0.29, 0.717) is 6.04 Å². The third-order valence-electron chi connectivity index (χ3n) is 2.89. The van der Waals surface area contributed by atoms with E-state index in [0.717, 1.165) is 24.0 Å². The van der Waals surface area contributed by atoms with Crippen molar-refractivity contribution in [3.05, 3.63) is 35.4 Å². The van der Waals surface area contributed by atoms with Crippen LogP contribution in [0.15, 0.2) is 24.3 Å². The van der Waals surface area contributed by atoms with E-state index in [2.05, 4.69) is 26.1 Å². The summed E-state index contributed by atoms with van der Waals surface area (Å²) in [6.07, 6.45) is 2.26. The van der Waals surface area contributed by atoms with E-state index in [1.807, 2.05) is 24.3 Å². The molecular formula is C14H19NO. The van der Waals surface area contributed by atoms with Crippen LogP contribution >= 0.6 is 0 Å². The number of rotatable bonds is 2. The van der Waals surface area contributed by atoms with Gasteiger partial charge in [0.25, 0.3) is 5.91 Å². The molecule has 16 heavy (non-hydrogen) atoms. The summed E-state index contributed by atoms with van der Waals surface area (Å²) < 4.78 is 0. The average molecular weight is 217 g/mol. The van der Waals surface area contributed by atoms with Crippen LogP contribution in [-0.2, 0) is 5.41 Å². The van der Waals surface area contributed by atoms with Gasteiger partial charge >= 0.3 is 0 Å². The smallest absolute Gasteiger partial charge is 0.251 e. The van der Waals surface area contributed by atoms with Gasteiger partial charge in [-0.3, -0.25) is 4.79 Å². The zero-order valence-corrected chi connectivity index (χ0v) is 10.2. The summed E-state index contributed by atoms with van der Waals surface area (Å²) in [6, 6.07) is 8.30. The zero-order valence-electron chi connectivity index (χ0n) is 10.2. The molecule has 1 aliphatic carbocycles. The van der Waals surface area contributed by atoms with E-state index < -0.39 is 0 Å². The normalized spacial score (nSPS) is 15.9. The standard InChI is InChI=1S/C14H19NO/c1-14(2,3)12-7-5-4-6-11(12)13(16)15-10-8-9-10/h4-7,10H,8-9H2,1-3H3,(H,15,16). The molecule has 86 valence electrons. The van der Waals surface area contributed by atoms with Gasteiger partial charge in [0.05, 0.1) is 0 Å². The van der Waals surface area contributed by atoms with Gasteiger partial charge in [-0.05, 0) is 29.9 Å². The van der Waals surface area contributed by atoms with Gasteiger partial charge in [0.1, 0.15) is 0 Å². The van der Waals surface area contributed by atoms with Crippen molar-refractivity contribution in [2.45, 2.75) is 45.1 Å². The van der Waals surface area contributed by atoms with Gasteiger partial charge in [0.2, 0.25) is 0 Å². The molecular weight excluding hydrogens is 198 g/mol. The molecule has 0 unspecified atom stereocenters. The fourth-order valence-electron chi connectivity index (χ4n) is 1.83. The lowest BCUT2D eigenvalue weighted by Crippen LogP contribution is -2.28. The fourth-order valence-corrected chi connectivity index (χ4v) is 1.83. The highest BCUT2D eigenvalue weighted by Gasteiger charge is 2.26. The molecule has 2 heteroatoms. The highest BCUT2D eigenvalue weighted by molar-refractivity contribution is 5.96. The van der Waals surface area contributed by atoms with Crippen molar-refractivity contribution in [1.29, 1.82) is 0 Å². The number of nitrogens with one attached hydrogen (secondary N) is 1. The number of hydrogen-bond donors (Lipinski definition) is 1. The van der Waals surface area contributed by atoms with Gasteiger partial charge in [0.15, 0.2) is 0 Å². The first-order valence-corrected chi connectivity index (χ1v) is 5.89. The molecule has 1 aromatic carbocycles. The van der Waals surface area contributed by atoms with E-state index in [4.69, 9.17) is 0 Å². The highest BCUT2D eigenvalue weighted by atomic mass is 16.1. The lowest BCUT2D eigenvalue weighted by molar-refractivity contribution is 0.0949. The van der Waals surface area contributed by atoms with Gasteiger partial charge in [-0.15, -0.1) is 0 Å². The van der Waals surface area contributed by atoms with Crippen molar-refractivity contribution in [2.24, 2.45) is 0 Å². The minimum atomic E-state index is 0.0114. The predicted molar refractivity (Wildman–Crippen MR) is 65.6 cm³/mol. The van der Waals surface area contributed by atoms with Gasteiger partial charge in [-0.2, -0.15) is 0 Å². The van der Waals surface area contributed by atoms with Crippen molar-refractivity contribution in [1.82, 2.24) is 5.32 Å². The van der Waals surface area contributed by atoms with Crippen LogP contribution in [0, 0.1) is 0 Å². The molecule has 0 saturated heterocycles. The Bertz CT molecular complexity index is 399. The average Bonchev–Trinajstić information content (AvgIpc) is 3.00. The van der Waals surface area contributed by atoms with Crippen LogP contribution in [0.3, 0.4) is 0 Å². The second kappa shape index (κ2) is 3.93. The van der Waals surface area contributed by atoms with Crippen LogP contribution in [0.1, 0.15) is 49.5 Å². The minimum absolute atomic E-state index is 0.0114. The monoisotopic (exact) mass is 217 g/mol. The predicted octanol–water partition coefficient (Wildman–Crippen LogP) is 2.88. The van der Waals surface area contributed by atoms with Gasteiger partial charge in [0, 0.05) is 11.6 Å². The molecule has 1 fully saturated rings. The number of carbonyl (C=O) groups excluding carboxylic acids is 1. The Hall–Kier alpha value is -1.31. The van der Waals surface area contributed by atoms with Crippen LogP contribution in [0.5, 0.6) is 0 Å². The first-order valence-electron chi connectivity index (χ1n) is 5.89. The first-order chi connectivity index (χ1) is 7.48. The Morgan fingerprint density at radius 3 is 2.44 bits per heavy atom. The molecule has 1 aliphatic rings. The maximum atomic E-state index is 12.1. The lowest BCUT2D eigenvalue weighted by Gasteiger charge is -2.22. The second-order valence-electron chi connectivity index (χ2n) is 5.54. The molecule has 0 aromatic heterocycles. The summed E-state index contributed by atoms with van der Waals surface area (Å²) in [6.45, 7) is 6.41. The first kappa shape index (κ1) is 11.2. The summed E-state index contributed by atoms with van der Waals surface area (Å²) in [7, 11) is 0. The molecule has 1 aromatic rings. The molecule has 2 rings (SSSR count). The lowest BCUT2D eigenvalue weighted by atomic mass is 9.83. The summed E-state index contributed by atoms with van der Waals surface area (Å²) in [5.41, 5.74) is 1.95. The molecule has 0 spiro atoms. The zero-order chi connectivity index (χ0) is 11.8. The summed E-state index contributed by atoms with van der Waals surface area (Å²) in [5.74, 6) is 0.0769. The molecule has 0 heterocycles. The van der Waals surface area contributed by atoms with Crippen molar-refractivity contribution in [3.63, 3.8) is 0 Å². The SMILES string of the molecule is CC(C)(C)c1ccccc1C(=O)NC1CC1. The van der Waals surface area contributed by atoms with E-state index in [1.54, 1.807) is 0 Å². The number of carbonyl (C=O) groups is 1. The van der Waals surface area contributed by atoms with Crippen molar-refractivity contribution < 1.29 is 4.79 Å². The van der Waals surface area contributed by atoms with Gasteiger partial charge in [-0.25, -0.2) is 0 Å². The summed E-state index contributed by atoms with van der Waals surface area (Å²) >= 11 is 0. The second-order valence-corrected chi connectivity index (χ2v) is 5.54. The minimum Gasteiger partial charge on any atom is -0.349 e. The Morgan fingerprint density at radius 2 is 1.88 bits per heavy atom. The quantitative estimate of drug-likeness (QED) is 0.811. The number of benzene rings is 1. The van der Waals surface area contributed by atoms with Crippen molar-refractivity contribution in [3.8, 4) is 0 Å². The molecule has 0 atom stereocenters. The van der Waals surface area contributed by atoms with Gasteiger partial charge in [-0.1, -0.05) is 39.0 Å². The Labute approximate surface area is 97.1 Å². The molecule has 0 bridgehead atoms. The highest BCUT2D eigenvalue weighted by Crippen LogP contribution is 2.26. The van der Waals surface area contributed by atoms with Gasteiger partial charge < -0.3 is 5.32 Å². The topological polar surface area (TPSA) is 29.1 Å². The van der Waals surface area contributed by atoms with E-state index in [1.165, 1.54) is 0 Å². The molecule has 1 saturated carbocycles. The molecule has 1 amide bonds. The Kier molecular flexibility index (Phi) is 2.75. The van der Waals surface area contributed by atoms with Crippen LogP contribution in [-0.4, -0.2) is 11.9 Å². The molecule has 0 aliphatic heterocycles. The third kappa shape index (κ3) is 2.43. The molecule has 2 nitrogen and oxygen atoms in total. The molecule has 0 radical (unpaired) electrons. The van der Waals surface area contributed by atoms with Crippen molar-refractivity contribution >= 4 is 5.91 Å². The van der Waals surface area contributed by atoms with Crippen LogP contribution in [0.4, 0.5) is 0 Å². The maximum Gasteiger partial charge on any atom is 0.251 e. The number of amides is 1. The summed E-state index contributed by atoms with van der Waals surface area (Å²) in [4.78, 5) is 12.1. The van der Waals surface area contributed by atoms with Crippen molar-refractivity contribution in [2.75, 3.05) is 0 Å². The van der Waals surface area contributed by atoms with E-state index in [-0.39, 0.29) is 11.3 Å². The maximum absolute atomic E-state index is 12.1. The largest absolute Gasteiger partial charge is 0.349 e. The van der Waals surface area contributed by atoms with Crippen LogP contribution < -0.4 is 5.32 Å². The van der Waals surface area contributed by atoms with E-state index in [9.17, 15) is 4.79 Å². The number of hydrogen-bond acceptors (Lipinski definition) is 1. The Morgan fingerprint density at radius 1 is 1.25 bits per heavy atom. The summed E-state index contributed by atoms with van der Waals surface area (Å²) in [5, 5.41) is 3.04. The fraction of sp³-hybridized carbons (Fsp3) is 0.500. The third-order valence-corrected chi connectivity index (χ3v) is 2.89. The van der Waals surface area contributed by atoms with Crippen LogP contribution in [0.2, 0.25) is 0 Å². The Balaban J connectivity index is 2.28. The van der Waals surface area contributed by atoms with Crippen LogP contribution in [0.25, 0.3) is 0 Å².